The first-order valence-electron chi connectivity index (χ1n) is 8.46. The molecule has 1 amide bonds. The molecular formula is C19H24N2O3. The Balaban J connectivity index is 2.08. The fourth-order valence-corrected chi connectivity index (χ4v) is 3.74. The number of amides is 1. The number of carbonyl (C=O) groups excluding carboxylic acids is 2. The topological polar surface area (TPSA) is 49.9 Å². The van der Waals surface area contributed by atoms with Crippen molar-refractivity contribution in [1.82, 2.24) is 9.80 Å². The Morgan fingerprint density at radius 1 is 1.21 bits per heavy atom. The van der Waals surface area contributed by atoms with Crippen LogP contribution in [-0.2, 0) is 14.3 Å². The summed E-state index contributed by atoms with van der Waals surface area (Å²) in [6, 6.07) is 10.1. The van der Waals surface area contributed by atoms with E-state index < -0.39 is 0 Å². The molecule has 0 N–H and O–H groups in total. The van der Waals surface area contributed by atoms with Gasteiger partial charge in [0.25, 0.3) is 0 Å². The molecule has 2 aliphatic heterocycles. The minimum Gasteiger partial charge on any atom is -0.463 e. The standard InChI is InChI=1S/C19H24N2O3/c1-4-24-19(23)18-16(14-8-6-5-7-9-14)10-15-11-21(13(2)22)12-17(18)20(15)3/h5-9,15,17H,4,10-12H2,1-3H3. The number of esters is 1. The second-order valence-electron chi connectivity index (χ2n) is 6.44. The first kappa shape index (κ1) is 16.7. The molecule has 1 saturated heterocycles. The Hall–Kier alpha value is -2.14. The molecule has 128 valence electrons. The van der Waals surface area contributed by atoms with Crippen molar-refractivity contribution >= 4 is 17.4 Å². The maximum Gasteiger partial charge on any atom is 0.335 e. The number of likely N-dealkylation sites (N-methyl/N-ethyl adjacent to an activating group) is 1. The van der Waals surface area contributed by atoms with E-state index >= 15 is 0 Å². The third kappa shape index (κ3) is 2.96. The molecule has 1 aromatic carbocycles. The van der Waals surface area contributed by atoms with Crippen LogP contribution < -0.4 is 0 Å². The van der Waals surface area contributed by atoms with E-state index in [-0.39, 0.29) is 24.0 Å². The number of hydrogen-bond acceptors (Lipinski definition) is 4. The van der Waals surface area contributed by atoms with Gasteiger partial charge in [-0.2, -0.15) is 0 Å². The van der Waals surface area contributed by atoms with Crippen molar-refractivity contribution in [3.8, 4) is 0 Å². The van der Waals surface area contributed by atoms with Crippen LogP contribution in [0.3, 0.4) is 0 Å². The van der Waals surface area contributed by atoms with Gasteiger partial charge in [0.05, 0.1) is 18.2 Å². The van der Waals surface area contributed by atoms with Crippen LogP contribution >= 0.6 is 0 Å². The normalized spacial score (nSPS) is 24.0. The van der Waals surface area contributed by atoms with Gasteiger partial charge in [0.15, 0.2) is 0 Å². The van der Waals surface area contributed by atoms with E-state index in [1.807, 2.05) is 49.2 Å². The van der Waals surface area contributed by atoms with Crippen molar-refractivity contribution in [2.45, 2.75) is 32.4 Å². The highest BCUT2D eigenvalue weighted by molar-refractivity contribution is 6.00. The summed E-state index contributed by atoms with van der Waals surface area (Å²) in [4.78, 5) is 28.6. The monoisotopic (exact) mass is 328 g/mol. The lowest BCUT2D eigenvalue weighted by Gasteiger charge is -2.49. The Morgan fingerprint density at radius 3 is 2.54 bits per heavy atom. The Morgan fingerprint density at radius 2 is 1.92 bits per heavy atom. The van der Waals surface area contributed by atoms with Gasteiger partial charge in [0.2, 0.25) is 5.91 Å². The van der Waals surface area contributed by atoms with Crippen LogP contribution in [0.4, 0.5) is 0 Å². The zero-order valence-corrected chi connectivity index (χ0v) is 14.5. The molecule has 2 heterocycles. The van der Waals surface area contributed by atoms with Gasteiger partial charge in [0.1, 0.15) is 0 Å². The molecule has 0 spiro atoms. The highest BCUT2D eigenvalue weighted by atomic mass is 16.5. The van der Waals surface area contributed by atoms with Crippen molar-refractivity contribution in [3.63, 3.8) is 0 Å². The fourth-order valence-electron chi connectivity index (χ4n) is 3.74. The summed E-state index contributed by atoms with van der Waals surface area (Å²) < 4.78 is 5.34. The first-order chi connectivity index (χ1) is 11.5. The maximum atomic E-state index is 12.7. The largest absolute Gasteiger partial charge is 0.463 e. The molecule has 2 atom stereocenters. The Kier molecular flexibility index (Phi) is 4.71. The summed E-state index contributed by atoms with van der Waals surface area (Å²) in [6.07, 6.45) is 0.745. The molecule has 0 aliphatic carbocycles. The molecule has 0 saturated carbocycles. The average Bonchev–Trinajstić information content (AvgIpc) is 2.55. The molecule has 3 rings (SSSR count). The number of fused-ring (bicyclic) bond motifs is 2. The van der Waals surface area contributed by atoms with Gasteiger partial charge in [-0.05, 0) is 31.5 Å². The van der Waals surface area contributed by atoms with E-state index in [4.69, 9.17) is 4.74 Å². The molecule has 0 aromatic heterocycles. The van der Waals surface area contributed by atoms with Gasteiger partial charge >= 0.3 is 5.97 Å². The third-order valence-electron chi connectivity index (χ3n) is 5.05. The van der Waals surface area contributed by atoms with Crippen LogP contribution in [0.1, 0.15) is 25.8 Å². The summed E-state index contributed by atoms with van der Waals surface area (Å²) in [5, 5.41) is 0. The van der Waals surface area contributed by atoms with Crippen molar-refractivity contribution < 1.29 is 14.3 Å². The fraction of sp³-hybridized carbons (Fsp3) is 0.474. The molecule has 24 heavy (non-hydrogen) atoms. The molecule has 5 nitrogen and oxygen atoms in total. The van der Waals surface area contributed by atoms with Crippen molar-refractivity contribution in [3.05, 3.63) is 41.5 Å². The number of rotatable bonds is 3. The van der Waals surface area contributed by atoms with Crippen LogP contribution in [-0.4, -0.2) is 60.5 Å². The second-order valence-corrected chi connectivity index (χ2v) is 6.44. The molecular weight excluding hydrogens is 304 g/mol. The van der Waals surface area contributed by atoms with Gasteiger partial charge in [-0.1, -0.05) is 30.3 Å². The summed E-state index contributed by atoms with van der Waals surface area (Å²) >= 11 is 0. The predicted octanol–water partition coefficient (Wildman–Crippen LogP) is 1.94. The first-order valence-corrected chi connectivity index (χ1v) is 8.46. The van der Waals surface area contributed by atoms with Crippen LogP contribution in [0.15, 0.2) is 35.9 Å². The Bertz CT molecular complexity index is 668. The van der Waals surface area contributed by atoms with E-state index in [0.29, 0.717) is 25.3 Å². The molecule has 2 unspecified atom stereocenters. The lowest BCUT2D eigenvalue weighted by Crippen LogP contribution is -2.61. The number of benzene rings is 1. The molecule has 1 aromatic rings. The van der Waals surface area contributed by atoms with Gasteiger partial charge in [-0.3, -0.25) is 9.69 Å². The van der Waals surface area contributed by atoms with E-state index in [2.05, 4.69) is 4.90 Å². The van der Waals surface area contributed by atoms with Crippen molar-refractivity contribution in [2.24, 2.45) is 0 Å². The quantitative estimate of drug-likeness (QED) is 0.796. The Labute approximate surface area is 142 Å². The summed E-state index contributed by atoms with van der Waals surface area (Å²) in [5.41, 5.74) is 2.83. The van der Waals surface area contributed by atoms with Crippen molar-refractivity contribution in [1.29, 1.82) is 0 Å². The summed E-state index contributed by atoms with van der Waals surface area (Å²) in [5.74, 6) is -0.207. The van der Waals surface area contributed by atoms with E-state index in [0.717, 1.165) is 17.6 Å². The van der Waals surface area contributed by atoms with Crippen LogP contribution in [0.25, 0.3) is 5.57 Å². The minimum absolute atomic E-state index is 0.0597. The molecule has 0 radical (unpaired) electrons. The number of hydrogen-bond donors (Lipinski definition) is 0. The summed E-state index contributed by atoms with van der Waals surface area (Å²) in [7, 11) is 2.04. The molecule has 2 aliphatic rings. The number of nitrogens with zero attached hydrogens (tertiary/aromatic N) is 2. The van der Waals surface area contributed by atoms with Crippen LogP contribution in [0.5, 0.6) is 0 Å². The SMILES string of the molecule is CCOC(=O)C1=C(c2ccccc2)CC2CN(C(C)=O)CC1N2C. The minimum atomic E-state index is -0.267. The van der Waals surface area contributed by atoms with Crippen molar-refractivity contribution in [2.75, 3.05) is 26.7 Å². The smallest absolute Gasteiger partial charge is 0.335 e. The molecule has 5 heteroatoms. The average molecular weight is 328 g/mol. The van der Waals surface area contributed by atoms with Crippen LogP contribution in [0.2, 0.25) is 0 Å². The zero-order valence-electron chi connectivity index (χ0n) is 14.5. The van der Waals surface area contributed by atoms with Crippen LogP contribution in [0, 0.1) is 0 Å². The molecule has 1 fully saturated rings. The van der Waals surface area contributed by atoms with E-state index in [1.54, 1.807) is 6.92 Å². The number of piperazine rings is 1. The van der Waals surface area contributed by atoms with Gasteiger partial charge < -0.3 is 9.64 Å². The number of ether oxygens (including phenoxy) is 1. The zero-order chi connectivity index (χ0) is 17.3. The van der Waals surface area contributed by atoms with Gasteiger partial charge in [0, 0.05) is 26.1 Å². The maximum absolute atomic E-state index is 12.7. The third-order valence-corrected chi connectivity index (χ3v) is 5.05. The lowest BCUT2D eigenvalue weighted by molar-refractivity contribution is -0.141. The van der Waals surface area contributed by atoms with Gasteiger partial charge in [-0.15, -0.1) is 0 Å². The highest BCUT2D eigenvalue weighted by Gasteiger charge is 2.43. The second kappa shape index (κ2) is 6.77. The lowest BCUT2D eigenvalue weighted by atomic mass is 9.82. The predicted molar refractivity (Wildman–Crippen MR) is 92.2 cm³/mol. The molecule has 2 bridgehead atoms. The highest BCUT2D eigenvalue weighted by Crippen LogP contribution is 2.37. The summed E-state index contributed by atoms with van der Waals surface area (Å²) in [6.45, 7) is 4.99. The number of carbonyl (C=O) groups is 2. The van der Waals surface area contributed by atoms with Gasteiger partial charge in [-0.25, -0.2) is 4.79 Å². The van der Waals surface area contributed by atoms with E-state index in [1.165, 1.54) is 0 Å². The van der Waals surface area contributed by atoms with E-state index in [9.17, 15) is 9.59 Å².